The summed E-state index contributed by atoms with van der Waals surface area (Å²) >= 11 is 0. The fourth-order valence-corrected chi connectivity index (χ4v) is 2.27. The summed E-state index contributed by atoms with van der Waals surface area (Å²) in [6.45, 7) is 11.5. The largest absolute Gasteiger partial charge is 0.396 e. The van der Waals surface area contributed by atoms with Crippen molar-refractivity contribution in [2.45, 2.75) is 39.7 Å². The lowest BCUT2D eigenvalue weighted by atomic mass is 9.96. The summed E-state index contributed by atoms with van der Waals surface area (Å²) in [7, 11) is 0. The van der Waals surface area contributed by atoms with Gasteiger partial charge in [0.25, 0.3) is 0 Å². The normalized spacial score (nSPS) is 21.6. The Morgan fingerprint density at radius 3 is 2.38 bits per heavy atom. The molecule has 3 heteroatoms. The van der Waals surface area contributed by atoms with Gasteiger partial charge >= 0.3 is 0 Å². The van der Waals surface area contributed by atoms with Crippen LogP contribution in [0.25, 0.3) is 0 Å². The molecular weight excluding hydrogens is 200 g/mol. The van der Waals surface area contributed by atoms with E-state index in [1.165, 1.54) is 32.5 Å². The summed E-state index contributed by atoms with van der Waals surface area (Å²) in [6.07, 6.45) is 2.61. The van der Waals surface area contributed by atoms with E-state index in [9.17, 15) is 0 Å². The molecule has 0 aromatic heterocycles. The second kappa shape index (κ2) is 7.25. The predicted molar refractivity (Wildman–Crippen MR) is 68.6 cm³/mol. The van der Waals surface area contributed by atoms with Crippen LogP contribution in [0, 0.1) is 11.8 Å². The first-order chi connectivity index (χ1) is 7.61. The third-order valence-corrected chi connectivity index (χ3v) is 3.40. The second-order valence-electron chi connectivity index (χ2n) is 5.59. The molecule has 0 amide bonds. The van der Waals surface area contributed by atoms with Gasteiger partial charge in [-0.15, -0.1) is 0 Å². The van der Waals surface area contributed by atoms with Crippen LogP contribution in [0.5, 0.6) is 0 Å². The molecular formula is C13H28N2O. The Hall–Kier alpha value is -0.120. The summed E-state index contributed by atoms with van der Waals surface area (Å²) in [5.74, 6) is 1.27. The predicted octanol–water partition coefficient (Wildman–Crippen LogP) is 1.32. The van der Waals surface area contributed by atoms with Gasteiger partial charge in [0.05, 0.1) is 0 Å². The van der Waals surface area contributed by atoms with Crippen molar-refractivity contribution in [2.24, 2.45) is 11.8 Å². The molecule has 1 rings (SSSR count). The first kappa shape index (κ1) is 13.9. The zero-order valence-electron chi connectivity index (χ0n) is 11.1. The van der Waals surface area contributed by atoms with Crippen LogP contribution in [-0.4, -0.2) is 48.8 Å². The molecule has 0 aromatic carbocycles. The molecule has 1 unspecified atom stereocenters. The Balaban J connectivity index is 2.13. The van der Waals surface area contributed by atoms with Crippen LogP contribution in [0.4, 0.5) is 0 Å². The average molecular weight is 228 g/mol. The Morgan fingerprint density at radius 1 is 1.25 bits per heavy atom. The summed E-state index contributed by atoms with van der Waals surface area (Å²) in [4.78, 5) is 2.49. The molecule has 0 spiro atoms. The maximum absolute atomic E-state index is 9.03. The van der Waals surface area contributed by atoms with Crippen LogP contribution in [0.15, 0.2) is 0 Å². The Kier molecular flexibility index (Phi) is 6.32. The topological polar surface area (TPSA) is 35.5 Å². The van der Waals surface area contributed by atoms with E-state index in [-0.39, 0.29) is 0 Å². The average Bonchev–Trinajstić information content (AvgIpc) is 2.28. The molecule has 1 saturated heterocycles. The monoisotopic (exact) mass is 228 g/mol. The smallest absolute Gasteiger partial charge is 0.0468 e. The highest BCUT2D eigenvalue weighted by atomic mass is 16.3. The van der Waals surface area contributed by atoms with E-state index in [4.69, 9.17) is 5.11 Å². The summed E-state index contributed by atoms with van der Waals surface area (Å²) in [6, 6.07) is 0.604. The van der Waals surface area contributed by atoms with Gasteiger partial charge in [-0.05, 0) is 44.3 Å². The maximum Gasteiger partial charge on any atom is 0.0468 e. The van der Waals surface area contributed by atoms with Gasteiger partial charge in [-0.2, -0.15) is 0 Å². The number of nitrogens with zero attached hydrogens (tertiary/aromatic N) is 1. The lowest BCUT2D eigenvalue weighted by molar-refractivity contribution is 0.134. The third-order valence-electron chi connectivity index (χ3n) is 3.40. The van der Waals surface area contributed by atoms with Crippen molar-refractivity contribution in [1.29, 1.82) is 0 Å². The van der Waals surface area contributed by atoms with Crippen LogP contribution >= 0.6 is 0 Å². The highest BCUT2D eigenvalue weighted by Gasteiger charge is 2.19. The summed E-state index contributed by atoms with van der Waals surface area (Å²) in [5.41, 5.74) is 0. The van der Waals surface area contributed by atoms with Gasteiger partial charge in [-0.1, -0.05) is 20.8 Å². The van der Waals surface area contributed by atoms with E-state index >= 15 is 0 Å². The SMILES string of the molecule is CC(CO)CN1CCC(CNC(C)C)CC1. The Labute approximate surface area is 100 Å². The second-order valence-corrected chi connectivity index (χ2v) is 5.59. The van der Waals surface area contributed by atoms with Crippen molar-refractivity contribution in [3.05, 3.63) is 0 Å². The molecule has 1 atom stereocenters. The standard InChI is InChI=1S/C13H28N2O/c1-11(2)14-8-13-4-6-15(7-5-13)9-12(3)10-16/h11-14,16H,4-10H2,1-3H3. The highest BCUT2D eigenvalue weighted by Crippen LogP contribution is 2.17. The fourth-order valence-electron chi connectivity index (χ4n) is 2.27. The summed E-state index contributed by atoms with van der Waals surface area (Å²) < 4.78 is 0. The van der Waals surface area contributed by atoms with Crippen LogP contribution in [0.3, 0.4) is 0 Å². The minimum Gasteiger partial charge on any atom is -0.396 e. The zero-order chi connectivity index (χ0) is 12.0. The Morgan fingerprint density at radius 2 is 1.88 bits per heavy atom. The number of piperidine rings is 1. The molecule has 1 fully saturated rings. The minimum absolute atomic E-state index is 0.314. The number of hydrogen-bond donors (Lipinski definition) is 2. The van der Waals surface area contributed by atoms with Crippen LogP contribution in [0.2, 0.25) is 0 Å². The van der Waals surface area contributed by atoms with Crippen molar-refractivity contribution < 1.29 is 5.11 Å². The molecule has 0 aromatic rings. The van der Waals surface area contributed by atoms with Gasteiger partial charge < -0.3 is 15.3 Å². The van der Waals surface area contributed by atoms with Crippen molar-refractivity contribution in [1.82, 2.24) is 10.2 Å². The molecule has 3 nitrogen and oxygen atoms in total. The van der Waals surface area contributed by atoms with E-state index in [1.807, 2.05) is 0 Å². The van der Waals surface area contributed by atoms with Gasteiger partial charge in [0, 0.05) is 19.2 Å². The van der Waals surface area contributed by atoms with Crippen molar-refractivity contribution in [3.8, 4) is 0 Å². The molecule has 0 radical (unpaired) electrons. The zero-order valence-corrected chi connectivity index (χ0v) is 11.1. The van der Waals surface area contributed by atoms with Crippen molar-refractivity contribution in [3.63, 3.8) is 0 Å². The molecule has 0 saturated carbocycles. The third kappa shape index (κ3) is 5.28. The maximum atomic E-state index is 9.03. The summed E-state index contributed by atoms with van der Waals surface area (Å²) in [5, 5.41) is 12.5. The Bertz CT molecular complexity index is 177. The first-order valence-corrected chi connectivity index (χ1v) is 6.68. The van der Waals surface area contributed by atoms with Crippen LogP contribution in [0.1, 0.15) is 33.6 Å². The lowest BCUT2D eigenvalue weighted by Gasteiger charge is -2.33. The van der Waals surface area contributed by atoms with Crippen LogP contribution < -0.4 is 5.32 Å². The van der Waals surface area contributed by atoms with E-state index < -0.39 is 0 Å². The number of nitrogens with one attached hydrogen (secondary N) is 1. The van der Waals surface area contributed by atoms with Gasteiger partial charge in [0.2, 0.25) is 0 Å². The van der Waals surface area contributed by atoms with Gasteiger partial charge in [-0.3, -0.25) is 0 Å². The van der Waals surface area contributed by atoms with E-state index in [1.54, 1.807) is 0 Å². The number of aliphatic hydroxyl groups excluding tert-OH is 1. The number of hydrogen-bond acceptors (Lipinski definition) is 3. The van der Waals surface area contributed by atoms with Gasteiger partial charge in [-0.25, -0.2) is 0 Å². The molecule has 16 heavy (non-hydrogen) atoms. The molecule has 1 aliphatic rings. The van der Waals surface area contributed by atoms with E-state index in [0.717, 1.165) is 12.5 Å². The van der Waals surface area contributed by atoms with Gasteiger partial charge in [0.15, 0.2) is 0 Å². The quantitative estimate of drug-likeness (QED) is 0.720. The molecule has 1 aliphatic heterocycles. The van der Waals surface area contributed by atoms with Gasteiger partial charge in [0.1, 0.15) is 0 Å². The number of rotatable bonds is 6. The van der Waals surface area contributed by atoms with Crippen LogP contribution in [-0.2, 0) is 0 Å². The van der Waals surface area contributed by atoms with E-state index in [0.29, 0.717) is 18.6 Å². The minimum atomic E-state index is 0.314. The van der Waals surface area contributed by atoms with Crippen molar-refractivity contribution >= 4 is 0 Å². The molecule has 2 N–H and O–H groups in total. The first-order valence-electron chi connectivity index (χ1n) is 6.68. The van der Waals surface area contributed by atoms with E-state index in [2.05, 4.69) is 31.0 Å². The highest BCUT2D eigenvalue weighted by molar-refractivity contribution is 4.75. The fraction of sp³-hybridized carbons (Fsp3) is 1.00. The molecule has 96 valence electrons. The lowest BCUT2D eigenvalue weighted by Crippen LogP contribution is -2.40. The number of aliphatic hydroxyl groups is 1. The van der Waals surface area contributed by atoms with Crippen molar-refractivity contribution in [2.75, 3.05) is 32.8 Å². The molecule has 0 bridgehead atoms. The molecule has 0 aliphatic carbocycles. The molecule has 1 heterocycles. The number of likely N-dealkylation sites (tertiary alicyclic amines) is 1.